The quantitative estimate of drug-likeness (QED) is 0.178. The first-order chi connectivity index (χ1) is 15.8. The molecule has 0 N–H and O–H groups in total. The van der Waals surface area contributed by atoms with Gasteiger partial charge in [0, 0.05) is 17.2 Å². The summed E-state index contributed by atoms with van der Waals surface area (Å²) in [6, 6.07) is 11.3. The number of ketones is 1. The molecule has 0 atom stereocenters. The molecule has 0 fully saturated rings. The van der Waals surface area contributed by atoms with E-state index < -0.39 is 0 Å². The van der Waals surface area contributed by atoms with Crippen molar-refractivity contribution in [2.75, 3.05) is 19.8 Å². The van der Waals surface area contributed by atoms with Gasteiger partial charge in [0.05, 0.1) is 19.8 Å². The molecule has 180 valence electrons. The summed E-state index contributed by atoms with van der Waals surface area (Å²) in [7, 11) is 0. The summed E-state index contributed by atoms with van der Waals surface area (Å²) in [5.74, 6) is 2.32. The van der Waals surface area contributed by atoms with E-state index in [1.54, 1.807) is 18.2 Å². The van der Waals surface area contributed by atoms with E-state index in [-0.39, 0.29) is 11.2 Å². The monoisotopic (exact) mass is 452 g/mol. The highest BCUT2D eigenvalue weighted by molar-refractivity contribution is 6.07. The lowest BCUT2D eigenvalue weighted by Gasteiger charge is -2.26. The van der Waals surface area contributed by atoms with Gasteiger partial charge in [-0.05, 0) is 67.2 Å². The smallest absolute Gasteiger partial charge is 0.185 e. The number of allylic oxidation sites excluding steroid dienone is 1. The van der Waals surface area contributed by atoms with Crippen molar-refractivity contribution in [1.29, 1.82) is 0 Å². The van der Waals surface area contributed by atoms with Gasteiger partial charge in [-0.15, -0.1) is 0 Å². The number of hydrogen-bond acceptors (Lipinski definition) is 4. The van der Waals surface area contributed by atoms with Gasteiger partial charge in [0.25, 0.3) is 0 Å². The van der Waals surface area contributed by atoms with Crippen LogP contribution in [0.2, 0.25) is 0 Å². The third kappa shape index (κ3) is 8.27. The molecule has 0 aliphatic carbocycles. The predicted molar refractivity (Wildman–Crippen MR) is 137 cm³/mol. The SMILES string of the molecule is CCCCOc1cc(/C=C/C(=O)c2ccc(OCC)cc2)c(C(C)(C)C)c(OCCCC)c1. The standard InChI is InChI=1S/C29H40O4/c1-7-10-18-32-25-20-23(28(29(4,5)6)27(21-25)33-19-11-8-2)14-17-26(30)22-12-15-24(16-13-22)31-9-3/h12-17,20-21H,7-11,18-19H2,1-6H3/b17-14+. The maximum absolute atomic E-state index is 12.8. The molecule has 4 nitrogen and oxygen atoms in total. The molecule has 0 aliphatic heterocycles. The highest BCUT2D eigenvalue weighted by Gasteiger charge is 2.24. The van der Waals surface area contributed by atoms with E-state index in [0.29, 0.717) is 25.4 Å². The second-order valence-electron chi connectivity index (χ2n) is 9.19. The summed E-state index contributed by atoms with van der Waals surface area (Å²) in [5, 5.41) is 0. The highest BCUT2D eigenvalue weighted by atomic mass is 16.5. The molecule has 2 rings (SSSR count). The Bertz CT molecular complexity index is 904. The Kier molecular flexibility index (Phi) is 10.5. The first kappa shape index (κ1) is 26.5. The number of hydrogen-bond donors (Lipinski definition) is 0. The minimum Gasteiger partial charge on any atom is -0.494 e. The summed E-state index contributed by atoms with van der Waals surface area (Å²) >= 11 is 0. The average molecular weight is 453 g/mol. The van der Waals surface area contributed by atoms with Crippen molar-refractivity contribution in [3.8, 4) is 17.2 Å². The maximum Gasteiger partial charge on any atom is 0.185 e. The Morgan fingerprint density at radius 3 is 2.06 bits per heavy atom. The van der Waals surface area contributed by atoms with E-state index in [1.165, 1.54) is 0 Å². The fourth-order valence-electron chi connectivity index (χ4n) is 3.55. The van der Waals surface area contributed by atoms with Crippen LogP contribution in [0.25, 0.3) is 6.08 Å². The fourth-order valence-corrected chi connectivity index (χ4v) is 3.55. The molecule has 2 aromatic rings. The minimum atomic E-state index is -0.161. The number of benzene rings is 2. The molecule has 33 heavy (non-hydrogen) atoms. The van der Waals surface area contributed by atoms with Gasteiger partial charge < -0.3 is 14.2 Å². The number of ether oxygens (including phenoxy) is 3. The molecule has 0 heterocycles. The van der Waals surface area contributed by atoms with E-state index in [4.69, 9.17) is 14.2 Å². The van der Waals surface area contributed by atoms with Crippen molar-refractivity contribution in [2.45, 2.75) is 72.6 Å². The first-order valence-corrected chi connectivity index (χ1v) is 12.2. The van der Waals surface area contributed by atoms with Gasteiger partial charge in [-0.3, -0.25) is 4.79 Å². The summed E-state index contributed by atoms with van der Waals surface area (Å²) in [6.07, 6.45) is 7.65. The van der Waals surface area contributed by atoms with Gasteiger partial charge in [-0.1, -0.05) is 53.5 Å². The molecular formula is C29H40O4. The maximum atomic E-state index is 12.8. The molecule has 0 spiro atoms. The van der Waals surface area contributed by atoms with Crippen molar-refractivity contribution >= 4 is 11.9 Å². The van der Waals surface area contributed by atoms with Crippen molar-refractivity contribution in [3.63, 3.8) is 0 Å². The van der Waals surface area contributed by atoms with Crippen LogP contribution in [0.4, 0.5) is 0 Å². The molecule has 0 aromatic heterocycles. The van der Waals surface area contributed by atoms with Gasteiger partial charge in [0.15, 0.2) is 5.78 Å². The lowest BCUT2D eigenvalue weighted by molar-refractivity contribution is 0.104. The molecule has 0 saturated carbocycles. The van der Waals surface area contributed by atoms with E-state index in [0.717, 1.165) is 54.1 Å². The summed E-state index contributed by atoms with van der Waals surface area (Å²) in [4.78, 5) is 12.8. The predicted octanol–water partition coefficient (Wildman–Crippen LogP) is 7.64. The zero-order chi connectivity index (χ0) is 24.3. The van der Waals surface area contributed by atoms with Crippen molar-refractivity contribution < 1.29 is 19.0 Å². The third-order valence-electron chi connectivity index (χ3n) is 5.24. The van der Waals surface area contributed by atoms with Crippen LogP contribution >= 0.6 is 0 Å². The lowest BCUT2D eigenvalue weighted by Crippen LogP contribution is -2.16. The summed E-state index contributed by atoms with van der Waals surface area (Å²) < 4.78 is 17.7. The van der Waals surface area contributed by atoms with Crippen LogP contribution in [0.1, 0.15) is 88.7 Å². The fraction of sp³-hybridized carbons (Fsp3) is 0.483. The topological polar surface area (TPSA) is 44.8 Å². The van der Waals surface area contributed by atoms with Crippen LogP contribution in [0.15, 0.2) is 42.5 Å². The first-order valence-electron chi connectivity index (χ1n) is 12.2. The van der Waals surface area contributed by atoms with Gasteiger partial charge in [-0.25, -0.2) is 0 Å². The van der Waals surface area contributed by atoms with Gasteiger partial charge in [0.1, 0.15) is 17.2 Å². The Morgan fingerprint density at radius 1 is 0.848 bits per heavy atom. The summed E-state index contributed by atoms with van der Waals surface area (Å²) in [5.41, 5.74) is 2.49. The largest absolute Gasteiger partial charge is 0.494 e. The normalized spacial score (nSPS) is 11.6. The van der Waals surface area contributed by atoms with Crippen molar-refractivity contribution in [3.05, 3.63) is 59.2 Å². The Labute approximate surface area is 200 Å². The lowest BCUT2D eigenvalue weighted by atomic mass is 9.82. The second kappa shape index (κ2) is 13.1. The van der Waals surface area contributed by atoms with Gasteiger partial charge in [0.2, 0.25) is 0 Å². The number of carbonyl (C=O) groups is 1. The van der Waals surface area contributed by atoms with Crippen LogP contribution in [0.5, 0.6) is 17.2 Å². The average Bonchev–Trinajstić information content (AvgIpc) is 2.77. The Morgan fingerprint density at radius 2 is 1.48 bits per heavy atom. The van der Waals surface area contributed by atoms with Crippen LogP contribution in [0.3, 0.4) is 0 Å². The molecule has 0 aliphatic rings. The molecular weight excluding hydrogens is 412 g/mol. The zero-order valence-corrected chi connectivity index (χ0v) is 21.2. The molecule has 0 radical (unpaired) electrons. The second-order valence-corrected chi connectivity index (χ2v) is 9.19. The molecule has 0 amide bonds. The van der Waals surface area contributed by atoms with Crippen molar-refractivity contribution in [2.24, 2.45) is 0 Å². The number of rotatable bonds is 13. The highest BCUT2D eigenvalue weighted by Crippen LogP contribution is 2.39. The Balaban J connectivity index is 2.40. The van der Waals surface area contributed by atoms with E-state index in [9.17, 15) is 4.79 Å². The zero-order valence-electron chi connectivity index (χ0n) is 21.2. The van der Waals surface area contributed by atoms with Crippen LogP contribution in [0, 0.1) is 0 Å². The number of carbonyl (C=O) groups excluding carboxylic acids is 1. The summed E-state index contributed by atoms with van der Waals surface area (Å²) in [6.45, 7) is 14.6. The van der Waals surface area contributed by atoms with Crippen molar-refractivity contribution in [1.82, 2.24) is 0 Å². The van der Waals surface area contributed by atoms with Crippen LogP contribution < -0.4 is 14.2 Å². The van der Waals surface area contributed by atoms with E-state index in [1.807, 2.05) is 37.3 Å². The minimum absolute atomic E-state index is 0.0522. The third-order valence-corrected chi connectivity index (χ3v) is 5.24. The molecule has 2 aromatic carbocycles. The molecule has 0 saturated heterocycles. The van der Waals surface area contributed by atoms with E-state index >= 15 is 0 Å². The van der Waals surface area contributed by atoms with Crippen LogP contribution in [-0.2, 0) is 5.41 Å². The van der Waals surface area contributed by atoms with E-state index in [2.05, 4.69) is 34.6 Å². The van der Waals surface area contributed by atoms with Gasteiger partial charge in [-0.2, -0.15) is 0 Å². The number of unbranched alkanes of at least 4 members (excludes halogenated alkanes) is 2. The Hall–Kier alpha value is -2.75. The van der Waals surface area contributed by atoms with Gasteiger partial charge >= 0.3 is 0 Å². The molecule has 0 unspecified atom stereocenters. The molecule has 4 heteroatoms. The van der Waals surface area contributed by atoms with Crippen LogP contribution in [-0.4, -0.2) is 25.6 Å². The molecule has 0 bridgehead atoms.